The number of rotatable bonds is 12. The molecule has 1 saturated heterocycles. The molecule has 1 aromatic heterocycles. The highest BCUT2D eigenvalue weighted by atomic mass is 32.2. The molecule has 2 aliphatic heterocycles. The summed E-state index contributed by atoms with van der Waals surface area (Å²) in [6.45, 7) is 0.0888. The zero-order chi connectivity index (χ0) is 32.8. The highest BCUT2D eigenvalue weighted by Gasteiger charge is 2.69. The van der Waals surface area contributed by atoms with Crippen molar-refractivity contribution in [2.45, 2.75) is 48.3 Å². The molecule has 7 atom stereocenters. The van der Waals surface area contributed by atoms with E-state index in [-0.39, 0.29) is 70.5 Å². The average molecular weight is 678 g/mol. The van der Waals surface area contributed by atoms with Crippen LogP contribution in [0, 0.1) is 29.6 Å². The Kier molecular flexibility index (Phi) is 8.60. The van der Waals surface area contributed by atoms with Crippen LogP contribution in [0.25, 0.3) is 0 Å². The van der Waals surface area contributed by atoms with E-state index in [0.717, 1.165) is 21.9 Å². The number of carbonyl (C=O) groups excluding carboxylic acids is 3. The molecule has 2 bridgehead atoms. The lowest BCUT2D eigenvalue weighted by atomic mass is 9.68. The summed E-state index contributed by atoms with van der Waals surface area (Å²) in [6, 6.07) is 14.6. The number of nitrogens with zero attached hydrogens (tertiary/aromatic N) is 1. The number of imide groups is 1. The number of anilines is 1. The number of thioether (sulfide) groups is 1. The summed E-state index contributed by atoms with van der Waals surface area (Å²) in [5.74, 6) is -1.27. The van der Waals surface area contributed by atoms with E-state index in [9.17, 15) is 24.0 Å². The summed E-state index contributed by atoms with van der Waals surface area (Å²) in [6.07, 6.45) is 2.57. The molecule has 3 N–H and O–H groups in total. The fraction of sp³-hybridized carbons (Fsp3) is 0.441. The Bertz CT molecular complexity index is 1770. The van der Waals surface area contributed by atoms with Gasteiger partial charge in [-0.1, -0.05) is 36.0 Å². The van der Waals surface area contributed by atoms with Crippen molar-refractivity contribution in [3.05, 3.63) is 68.6 Å². The molecule has 246 valence electrons. The molecule has 11 nitrogen and oxygen atoms in total. The maximum Gasteiger partial charge on any atom is 0.305 e. The van der Waals surface area contributed by atoms with E-state index in [1.807, 2.05) is 24.3 Å². The highest BCUT2D eigenvalue weighted by Crippen LogP contribution is 2.69. The Morgan fingerprint density at radius 2 is 1.74 bits per heavy atom. The number of benzene rings is 2. The van der Waals surface area contributed by atoms with Crippen molar-refractivity contribution in [3.8, 4) is 11.5 Å². The standard InChI is InChI=1S/C34H35N3O8S2/c1-44-18-12-10-17(11-13-18)35-23(38)16-45-22-8-5-4-7-19(22)25-26-20-15-21(29(26)46-31-30(25)47-34(43)36-31)28-27(20)32(41)37(33(28)42)14-6-2-3-9-24(39)40/h4-5,7-8,10-13,20-21,25-29H,2-3,6,9,14-16H2,1H3,(H,35,38)(H,36,43)(H,39,40)/t20?,21?,25-,26?,27?,28?,29?/m1/s1. The van der Waals surface area contributed by atoms with E-state index in [1.165, 1.54) is 16.2 Å². The molecule has 7 rings (SSSR count). The van der Waals surface area contributed by atoms with Gasteiger partial charge in [0.1, 0.15) is 11.5 Å². The Balaban J connectivity index is 1.13. The number of aromatic nitrogens is 1. The Morgan fingerprint density at radius 1 is 1.00 bits per heavy atom. The number of H-pyrrole nitrogens is 1. The van der Waals surface area contributed by atoms with Crippen LogP contribution in [0.3, 0.4) is 0 Å². The summed E-state index contributed by atoms with van der Waals surface area (Å²) in [7, 11) is 1.58. The fourth-order valence-corrected chi connectivity index (χ4v) is 11.1. The number of unbranched alkanes of at least 4 members (excludes halogenated alkanes) is 2. The van der Waals surface area contributed by atoms with Gasteiger partial charge in [-0.15, -0.1) is 11.8 Å². The number of aliphatic carboxylic acids is 1. The zero-order valence-electron chi connectivity index (χ0n) is 25.7. The van der Waals surface area contributed by atoms with Crippen molar-refractivity contribution in [1.82, 2.24) is 9.88 Å². The summed E-state index contributed by atoms with van der Waals surface area (Å²) >= 11 is 2.79. The van der Waals surface area contributed by atoms with Crippen LogP contribution < -0.4 is 19.7 Å². The van der Waals surface area contributed by atoms with Crippen molar-refractivity contribution in [2.24, 2.45) is 29.6 Å². The van der Waals surface area contributed by atoms with Crippen LogP contribution in [0.5, 0.6) is 11.5 Å². The number of thiazole rings is 1. The van der Waals surface area contributed by atoms with Crippen LogP contribution >= 0.6 is 23.1 Å². The molecule has 3 aromatic rings. The van der Waals surface area contributed by atoms with Gasteiger partial charge in [-0.3, -0.25) is 28.9 Å². The fourth-order valence-electron chi connectivity index (χ4n) is 8.25. The van der Waals surface area contributed by atoms with Crippen molar-refractivity contribution in [2.75, 3.05) is 25.6 Å². The lowest BCUT2D eigenvalue weighted by molar-refractivity contribution is -0.141. The molecule has 3 heterocycles. The van der Waals surface area contributed by atoms with Gasteiger partial charge in [-0.05, 0) is 67.3 Å². The first-order valence-electron chi connectivity index (χ1n) is 15.9. The molecule has 3 fully saturated rings. The number of amides is 3. The number of para-hydroxylation sites is 1. The molecule has 0 radical (unpaired) electrons. The Hall–Kier alpha value is -4.10. The van der Waals surface area contributed by atoms with E-state index in [0.29, 0.717) is 43.0 Å². The van der Waals surface area contributed by atoms with Gasteiger partial charge in [0, 0.05) is 40.3 Å². The normalized spacial score (nSPS) is 26.9. The third-order valence-electron chi connectivity index (χ3n) is 10.1. The van der Waals surface area contributed by atoms with Gasteiger partial charge >= 0.3 is 10.8 Å². The Morgan fingerprint density at radius 3 is 2.49 bits per heavy atom. The van der Waals surface area contributed by atoms with Crippen molar-refractivity contribution in [1.29, 1.82) is 0 Å². The third kappa shape index (κ3) is 5.73. The average Bonchev–Trinajstić information content (AvgIpc) is 3.80. The minimum Gasteiger partial charge on any atom is -0.497 e. The van der Waals surface area contributed by atoms with Crippen LogP contribution in [-0.2, 0) is 19.2 Å². The largest absolute Gasteiger partial charge is 0.497 e. The van der Waals surface area contributed by atoms with Crippen molar-refractivity contribution in [3.63, 3.8) is 0 Å². The summed E-state index contributed by atoms with van der Waals surface area (Å²) in [5.41, 5.74) is 1.47. The molecule has 3 amide bonds. The molecule has 13 heteroatoms. The molecule has 4 aliphatic rings. The van der Waals surface area contributed by atoms with Crippen LogP contribution in [-0.4, -0.2) is 64.2 Å². The highest BCUT2D eigenvalue weighted by molar-refractivity contribution is 8.00. The van der Waals surface area contributed by atoms with E-state index < -0.39 is 11.9 Å². The first-order valence-corrected chi connectivity index (χ1v) is 17.6. The number of likely N-dealkylation sites (tertiary alicyclic amines) is 1. The van der Waals surface area contributed by atoms with E-state index in [1.54, 1.807) is 43.1 Å². The number of methoxy groups -OCH3 is 1. The first-order chi connectivity index (χ1) is 22.7. The molecule has 2 aliphatic carbocycles. The molecular formula is C34H35N3O8S2. The maximum absolute atomic E-state index is 13.8. The summed E-state index contributed by atoms with van der Waals surface area (Å²) < 4.78 is 11.3. The SMILES string of the molecule is COc1ccc(NC(=O)COc2ccccc2[C@H]2c3sc(=O)[nH]c3SC3C4CC(C5C(=O)N(CCCCCC(=O)O)C(=O)C45)C32)cc1. The molecule has 2 saturated carbocycles. The number of carbonyl (C=O) groups is 4. The number of hydrogen-bond acceptors (Lipinski definition) is 9. The Labute approximate surface area is 279 Å². The van der Waals surface area contributed by atoms with E-state index >= 15 is 0 Å². The van der Waals surface area contributed by atoms with Crippen molar-refractivity contribution < 1.29 is 33.8 Å². The van der Waals surface area contributed by atoms with E-state index in [2.05, 4.69) is 10.3 Å². The monoisotopic (exact) mass is 677 g/mol. The predicted octanol–water partition coefficient (Wildman–Crippen LogP) is 4.58. The van der Waals surface area contributed by atoms with Crippen molar-refractivity contribution >= 4 is 52.5 Å². The van der Waals surface area contributed by atoms with Crippen LogP contribution in [0.1, 0.15) is 48.5 Å². The lowest BCUT2D eigenvalue weighted by Crippen LogP contribution is -2.42. The number of carboxylic acids is 1. The smallest absolute Gasteiger partial charge is 0.305 e. The number of fused-ring (bicyclic) bond motifs is 9. The first kappa shape index (κ1) is 31.5. The number of hydrogen-bond donors (Lipinski definition) is 3. The second-order valence-corrected chi connectivity index (χ2v) is 14.8. The molecule has 2 aromatic carbocycles. The topological polar surface area (TPSA) is 155 Å². The maximum atomic E-state index is 13.8. The third-order valence-corrected chi connectivity index (χ3v) is 12.7. The van der Waals surface area contributed by atoms with Crippen LogP contribution in [0.15, 0.2) is 58.4 Å². The molecule has 47 heavy (non-hydrogen) atoms. The van der Waals surface area contributed by atoms with Gasteiger partial charge in [-0.2, -0.15) is 0 Å². The lowest BCUT2D eigenvalue weighted by Gasteiger charge is -2.43. The zero-order valence-corrected chi connectivity index (χ0v) is 27.3. The molecule has 0 spiro atoms. The second kappa shape index (κ2) is 12.8. The number of carboxylic acid groups (broad SMARTS) is 1. The van der Waals surface area contributed by atoms with Gasteiger partial charge in [0.25, 0.3) is 5.91 Å². The van der Waals surface area contributed by atoms with Gasteiger partial charge in [0.2, 0.25) is 11.8 Å². The number of ether oxygens (including phenoxy) is 2. The predicted molar refractivity (Wildman–Crippen MR) is 175 cm³/mol. The van der Waals surface area contributed by atoms with Crippen LogP contribution in [0.2, 0.25) is 0 Å². The van der Waals surface area contributed by atoms with Gasteiger partial charge in [0.05, 0.1) is 24.0 Å². The summed E-state index contributed by atoms with van der Waals surface area (Å²) in [5, 5.41) is 12.6. The molecule has 6 unspecified atom stereocenters. The number of nitrogens with one attached hydrogen (secondary N) is 2. The number of aromatic amines is 1. The second-order valence-electron chi connectivity index (χ2n) is 12.6. The quantitative estimate of drug-likeness (QED) is 0.185. The van der Waals surface area contributed by atoms with Gasteiger partial charge in [0.15, 0.2) is 6.61 Å². The van der Waals surface area contributed by atoms with E-state index in [4.69, 9.17) is 14.6 Å². The van der Waals surface area contributed by atoms with Gasteiger partial charge in [-0.25, -0.2) is 0 Å². The van der Waals surface area contributed by atoms with Crippen LogP contribution in [0.4, 0.5) is 5.69 Å². The minimum atomic E-state index is -0.849. The minimum absolute atomic E-state index is 0.00383. The van der Waals surface area contributed by atoms with Gasteiger partial charge < -0.3 is 24.9 Å². The summed E-state index contributed by atoms with van der Waals surface area (Å²) in [4.78, 5) is 69.1. The molecular weight excluding hydrogens is 643 g/mol.